The molecule has 0 spiro atoms. The molecule has 1 N–H and O–H groups in total. The number of nitrogens with zero attached hydrogens (tertiary/aromatic N) is 5. The van der Waals surface area contributed by atoms with Crippen LogP contribution in [0.5, 0.6) is 0 Å². The number of ether oxygens (including phenoxy) is 1. The van der Waals surface area contributed by atoms with Gasteiger partial charge in [-0.3, -0.25) is 4.79 Å². The summed E-state index contributed by atoms with van der Waals surface area (Å²) >= 11 is 0. The first-order valence-electron chi connectivity index (χ1n) is 10.2. The Morgan fingerprint density at radius 2 is 1.93 bits per heavy atom. The van der Waals surface area contributed by atoms with Crippen molar-refractivity contribution in [3.8, 4) is 5.69 Å². The number of piperidine rings is 1. The number of benzene rings is 1. The largest absolute Gasteiger partial charge is 0.381 e. The van der Waals surface area contributed by atoms with Crippen LogP contribution in [0.1, 0.15) is 42.5 Å². The van der Waals surface area contributed by atoms with E-state index in [-0.39, 0.29) is 11.3 Å². The molecule has 2 aromatic rings. The van der Waals surface area contributed by atoms with Gasteiger partial charge in [-0.1, -0.05) is 18.6 Å². The summed E-state index contributed by atoms with van der Waals surface area (Å²) < 4.78 is 7.14. The summed E-state index contributed by atoms with van der Waals surface area (Å²) in [6.07, 6.45) is 7.35. The van der Waals surface area contributed by atoms with Crippen molar-refractivity contribution < 1.29 is 9.53 Å². The van der Waals surface area contributed by atoms with Gasteiger partial charge >= 0.3 is 0 Å². The quantitative estimate of drug-likeness (QED) is 0.816. The molecule has 8 nitrogen and oxygen atoms in total. The predicted molar refractivity (Wildman–Crippen MR) is 104 cm³/mol. The molecule has 0 bridgehead atoms. The summed E-state index contributed by atoms with van der Waals surface area (Å²) in [5.41, 5.74) is 1.34. The lowest BCUT2D eigenvalue weighted by Crippen LogP contribution is -2.49. The number of tetrazole rings is 1. The Hall–Kier alpha value is -2.32. The molecule has 2 aliphatic heterocycles. The average Bonchev–Trinajstić information content (AvgIpc) is 3.28. The molecule has 1 aromatic heterocycles. The first-order chi connectivity index (χ1) is 13.8. The highest BCUT2D eigenvalue weighted by Crippen LogP contribution is 2.32. The number of hydrogen-bond donors (Lipinski definition) is 1. The Balaban J connectivity index is 1.46. The molecule has 1 aromatic carbocycles. The second-order valence-electron chi connectivity index (χ2n) is 7.90. The molecule has 8 heteroatoms. The van der Waals surface area contributed by atoms with E-state index in [9.17, 15) is 4.79 Å². The van der Waals surface area contributed by atoms with Gasteiger partial charge < -0.3 is 15.0 Å². The highest BCUT2D eigenvalue weighted by Gasteiger charge is 2.35. The zero-order chi connectivity index (χ0) is 19.2. The third-order valence-corrected chi connectivity index (χ3v) is 5.93. The first kappa shape index (κ1) is 19.0. The third kappa shape index (κ3) is 4.39. The molecule has 2 aliphatic rings. The van der Waals surface area contributed by atoms with Crippen LogP contribution in [-0.4, -0.2) is 70.4 Å². The summed E-state index contributed by atoms with van der Waals surface area (Å²) in [7, 11) is 0. The zero-order valence-corrected chi connectivity index (χ0v) is 16.2. The summed E-state index contributed by atoms with van der Waals surface area (Å²) in [6, 6.07) is 7.40. The molecule has 2 saturated heterocycles. The molecule has 0 unspecified atom stereocenters. The van der Waals surface area contributed by atoms with E-state index in [4.69, 9.17) is 4.74 Å². The Morgan fingerprint density at radius 3 is 2.68 bits per heavy atom. The van der Waals surface area contributed by atoms with E-state index in [2.05, 4.69) is 25.7 Å². The molecule has 4 rings (SSSR count). The molecule has 28 heavy (non-hydrogen) atoms. The van der Waals surface area contributed by atoms with Crippen molar-refractivity contribution in [2.45, 2.75) is 32.1 Å². The highest BCUT2D eigenvalue weighted by atomic mass is 16.5. The Bertz CT molecular complexity index is 767. The van der Waals surface area contributed by atoms with Crippen LogP contribution in [0.3, 0.4) is 0 Å². The van der Waals surface area contributed by atoms with Gasteiger partial charge in [0.2, 0.25) is 0 Å². The number of amides is 1. The fourth-order valence-corrected chi connectivity index (χ4v) is 4.29. The Morgan fingerprint density at radius 1 is 1.14 bits per heavy atom. The van der Waals surface area contributed by atoms with Crippen LogP contribution >= 0.6 is 0 Å². The third-order valence-electron chi connectivity index (χ3n) is 5.93. The van der Waals surface area contributed by atoms with Crippen LogP contribution in [0.25, 0.3) is 5.69 Å². The van der Waals surface area contributed by atoms with Crippen molar-refractivity contribution >= 4 is 5.91 Å². The lowest BCUT2D eigenvalue weighted by Gasteiger charge is -2.42. The summed E-state index contributed by atoms with van der Waals surface area (Å²) in [5, 5.41) is 14.5. The lowest BCUT2D eigenvalue weighted by molar-refractivity contribution is -0.00671. The minimum Gasteiger partial charge on any atom is -0.381 e. The van der Waals surface area contributed by atoms with Crippen LogP contribution in [-0.2, 0) is 4.74 Å². The Labute approximate surface area is 165 Å². The van der Waals surface area contributed by atoms with Crippen molar-refractivity contribution in [1.82, 2.24) is 30.4 Å². The van der Waals surface area contributed by atoms with E-state index >= 15 is 0 Å². The number of carbonyl (C=O) groups excluding carboxylic acids is 1. The monoisotopic (exact) mass is 384 g/mol. The maximum atomic E-state index is 13.0. The smallest absolute Gasteiger partial charge is 0.253 e. The molecule has 0 atom stereocenters. The fourth-order valence-electron chi connectivity index (χ4n) is 4.29. The van der Waals surface area contributed by atoms with E-state index in [1.54, 1.807) is 0 Å². The van der Waals surface area contributed by atoms with Crippen molar-refractivity contribution in [2.75, 3.05) is 39.4 Å². The molecular formula is C20H28N6O2. The number of hydrogen-bond acceptors (Lipinski definition) is 6. The number of para-hydroxylation sites is 1. The molecular weight excluding hydrogens is 356 g/mol. The van der Waals surface area contributed by atoms with Crippen LogP contribution in [0.4, 0.5) is 0 Å². The van der Waals surface area contributed by atoms with Gasteiger partial charge in [0.15, 0.2) is 0 Å². The van der Waals surface area contributed by atoms with Crippen molar-refractivity contribution in [2.24, 2.45) is 5.41 Å². The molecule has 0 aliphatic carbocycles. The van der Waals surface area contributed by atoms with Gasteiger partial charge in [0, 0.05) is 31.7 Å². The van der Waals surface area contributed by atoms with E-state index in [0.717, 1.165) is 32.6 Å². The molecule has 1 amide bonds. The lowest BCUT2D eigenvalue weighted by atomic mass is 9.79. The minimum atomic E-state index is -0.0874. The normalized spacial score (nSPS) is 20.0. The zero-order valence-electron chi connectivity index (χ0n) is 16.2. The first-order valence-corrected chi connectivity index (χ1v) is 10.2. The predicted octanol–water partition coefficient (Wildman–Crippen LogP) is 1.67. The SMILES string of the molecule is O=C(NCC1(CN2CCCCC2)CCOCC1)c1ccccc1-n1cnnn1. The molecule has 3 heterocycles. The Kier molecular flexibility index (Phi) is 5.97. The van der Waals surface area contributed by atoms with E-state index in [1.807, 2.05) is 24.3 Å². The number of rotatable bonds is 6. The minimum absolute atomic E-state index is 0.0784. The maximum absolute atomic E-state index is 13.0. The van der Waals surface area contributed by atoms with Gasteiger partial charge in [-0.2, -0.15) is 4.68 Å². The van der Waals surface area contributed by atoms with Gasteiger partial charge in [0.1, 0.15) is 6.33 Å². The molecule has 150 valence electrons. The number of aromatic nitrogens is 4. The second kappa shape index (κ2) is 8.79. The molecule has 0 saturated carbocycles. The fraction of sp³-hybridized carbons (Fsp3) is 0.600. The van der Waals surface area contributed by atoms with Gasteiger partial charge in [-0.25, -0.2) is 0 Å². The number of likely N-dealkylation sites (tertiary alicyclic amines) is 1. The summed E-state index contributed by atoms with van der Waals surface area (Å²) in [6.45, 7) is 5.56. The number of nitrogens with one attached hydrogen (secondary N) is 1. The average molecular weight is 384 g/mol. The highest BCUT2D eigenvalue weighted by molar-refractivity contribution is 5.97. The topological polar surface area (TPSA) is 85.2 Å². The van der Waals surface area contributed by atoms with Gasteiger partial charge in [-0.15, -0.1) is 5.10 Å². The van der Waals surface area contributed by atoms with E-state index in [1.165, 1.54) is 43.4 Å². The van der Waals surface area contributed by atoms with Crippen LogP contribution in [0, 0.1) is 5.41 Å². The van der Waals surface area contributed by atoms with Crippen LogP contribution in [0.2, 0.25) is 0 Å². The van der Waals surface area contributed by atoms with Gasteiger partial charge in [-0.05, 0) is 61.3 Å². The van der Waals surface area contributed by atoms with Crippen molar-refractivity contribution in [3.05, 3.63) is 36.2 Å². The van der Waals surface area contributed by atoms with Crippen LogP contribution < -0.4 is 5.32 Å². The molecule has 2 fully saturated rings. The molecule has 0 radical (unpaired) electrons. The summed E-state index contributed by atoms with van der Waals surface area (Å²) in [4.78, 5) is 15.6. The van der Waals surface area contributed by atoms with E-state index < -0.39 is 0 Å². The van der Waals surface area contributed by atoms with Crippen molar-refractivity contribution in [3.63, 3.8) is 0 Å². The van der Waals surface area contributed by atoms with Gasteiger partial charge in [0.25, 0.3) is 5.91 Å². The second-order valence-corrected chi connectivity index (χ2v) is 7.90. The maximum Gasteiger partial charge on any atom is 0.253 e. The van der Waals surface area contributed by atoms with Crippen LogP contribution in [0.15, 0.2) is 30.6 Å². The van der Waals surface area contributed by atoms with Gasteiger partial charge in [0.05, 0.1) is 11.3 Å². The summed E-state index contributed by atoms with van der Waals surface area (Å²) in [5.74, 6) is -0.0874. The van der Waals surface area contributed by atoms with Crippen molar-refractivity contribution in [1.29, 1.82) is 0 Å². The number of carbonyl (C=O) groups is 1. The standard InChI is InChI=1S/C20H28N6O2/c27-19(17-6-2-3-7-18(17)26-16-22-23-24-26)21-14-20(8-12-28-13-9-20)15-25-10-4-1-5-11-25/h2-3,6-7,16H,1,4-5,8-15H2,(H,21,27). The van der Waals surface area contributed by atoms with E-state index in [0.29, 0.717) is 17.8 Å².